The second-order valence-electron chi connectivity index (χ2n) is 5.50. The maximum Gasteiger partial charge on any atom is 0.223 e. The summed E-state index contributed by atoms with van der Waals surface area (Å²) in [6.45, 7) is 12.6. The van der Waals surface area contributed by atoms with E-state index in [0.717, 1.165) is 13.1 Å². The first kappa shape index (κ1) is 13.5. The van der Waals surface area contributed by atoms with E-state index in [-0.39, 0.29) is 0 Å². The van der Waals surface area contributed by atoms with Crippen molar-refractivity contribution in [1.82, 2.24) is 10.2 Å². The molecule has 1 heterocycles. The van der Waals surface area contributed by atoms with Crippen LogP contribution < -0.4 is 5.32 Å². The summed E-state index contributed by atoms with van der Waals surface area (Å²) in [5.41, 5.74) is 0. The maximum atomic E-state index is 12.2. The molecule has 94 valence electrons. The molecule has 1 aliphatic rings. The molecule has 0 spiro atoms. The van der Waals surface area contributed by atoms with Crippen LogP contribution in [0, 0.1) is 11.8 Å². The quantitative estimate of drug-likeness (QED) is 0.797. The van der Waals surface area contributed by atoms with Crippen LogP contribution in [-0.4, -0.2) is 36.0 Å². The number of nitrogens with zero attached hydrogens (tertiary/aromatic N) is 1. The van der Waals surface area contributed by atoms with Gasteiger partial charge in [-0.15, -0.1) is 0 Å². The molecule has 1 fully saturated rings. The Balaban J connectivity index is 2.52. The number of piperazine rings is 1. The highest BCUT2D eigenvalue weighted by Crippen LogP contribution is 2.18. The van der Waals surface area contributed by atoms with Gasteiger partial charge in [-0.3, -0.25) is 4.79 Å². The van der Waals surface area contributed by atoms with Gasteiger partial charge in [0.15, 0.2) is 0 Å². The van der Waals surface area contributed by atoms with E-state index in [1.807, 2.05) is 4.90 Å². The lowest BCUT2D eigenvalue weighted by Crippen LogP contribution is -2.57. The van der Waals surface area contributed by atoms with Crippen molar-refractivity contribution >= 4 is 5.91 Å². The van der Waals surface area contributed by atoms with E-state index >= 15 is 0 Å². The number of rotatable bonds is 3. The Labute approximate surface area is 99.6 Å². The Morgan fingerprint density at radius 2 is 2.00 bits per heavy atom. The monoisotopic (exact) mass is 226 g/mol. The van der Waals surface area contributed by atoms with Gasteiger partial charge in [0.05, 0.1) is 0 Å². The number of hydrogen-bond acceptors (Lipinski definition) is 2. The van der Waals surface area contributed by atoms with Crippen molar-refractivity contribution < 1.29 is 4.79 Å². The number of nitrogens with one attached hydrogen (secondary N) is 1. The Morgan fingerprint density at radius 1 is 1.38 bits per heavy atom. The van der Waals surface area contributed by atoms with Gasteiger partial charge in [-0.2, -0.15) is 0 Å². The summed E-state index contributed by atoms with van der Waals surface area (Å²) in [4.78, 5) is 14.2. The van der Waals surface area contributed by atoms with Gasteiger partial charge >= 0.3 is 0 Å². The van der Waals surface area contributed by atoms with Crippen LogP contribution >= 0.6 is 0 Å². The van der Waals surface area contributed by atoms with Crippen molar-refractivity contribution in [2.24, 2.45) is 11.8 Å². The first-order valence-electron chi connectivity index (χ1n) is 6.46. The Morgan fingerprint density at radius 3 is 2.56 bits per heavy atom. The van der Waals surface area contributed by atoms with Crippen molar-refractivity contribution in [3.8, 4) is 0 Å². The van der Waals surface area contributed by atoms with Crippen LogP contribution in [0.1, 0.15) is 41.0 Å². The van der Waals surface area contributed by atoms with Crippen LogP contribution in [0.3, 0.4) is 0 Å². The molecule has 0 radical (unpaired) electrons. The van der Waals surface area contributed by atoms with Crippen molar-refractivity contribution in [1.29, 1.82) is 0 Å². The van der Waals surface area contributed by atoms with Gasteiger partial charge in [0.2, 0.25) is 5.91 Å². The van der Waals surface area contributed by atoms with Crippen molar-refractivity contribution in [2.45, 2.75) is 53.1 Å². The van der Waals surface area contributed by atoms with E-state index in [2.05, 4.69) is 39.9 Å². The fourth-order valence-electron chi connectivity index (χ4n) is 2.04. The molecule has 0 saturated carbocycles. The topological polar surface area (TPSA) is 32.3 Å². The third-order valence-electron chi connectivity index (χ3n) is 3.99. The number of carbonyl (C=O) groups is 1. The highest BCUT2D eigenvalue weighted by molar-refractivity contribution is 5.77. The predicted octanol–water partition coefficient (Wildman–Crippen LogP) is 1.88. The number of amides is 1. The van der Waals surface area contributed by atoms with E-state index in [1.165, 1.54) is 0 Å². The smallest absolute Gasteiger partial charge is 0.223 e. The van der Waals surface area contributed by atoms with Gasteiger partial charge in [-0.25, -0.2) is 0 Å². The van der Waals surface area contributed by atoms with Crippen LogP contribution in [0.2, 0.25) is 0 Å². The summed E-state index contributed by atoms with van der Waals surface area (Å²) in [6, 6.07) is 0.729. The van der Waals surface area contributed by atoms with E-state index in [4.69, 9.17) is 0 Å². The molecule has 3 nitrogen and oxygen atoms in total. The molecule has 1 saturated heterocycles. The molecule has 3 atom stereocenters. The lowest BCUT2D eigenvalue weighted by atomic mass is 9.93. The molecule has 0 bridgehead atoms. The summed E-state index contributed by atoms with van der Waals surface area (Å²) in [5, 5.41) is 3.40. The van der Waals surface area contributed by atoms with Gasteiger partial charge in [-0.05, 0) is 25.7 Å². The van der Waals surface area contributed by atoms with Crippen LogP contribution in [0.15, 0.2) is 0 Å². The Bertz CT molecular complexity index is 240. The lowest BCUT2D eigenvalue weighted by molar-refractivity contribution is -0.136. The Hall–Kier alpha value is -0.570. The van der Waals surface area contributed by atoms with Crippen LogP contribution in [0.25, 0.3) is 0 Å². The third-order valence-corrected chi connectivity index (χ3v) is 3.99. The first-order valence-corrected chi connectivity index (χ1v) is 6.46. The molecule has 0 aromatic rings. The highest BCUT2D eigenvalue weighted by Gasteiger charge is 2.28. The van der Waals surface area contributed by atoms with Gasteiger partial charge in [0.1, 0.15) is 0 Å². The lowest BCUT2D eigenvalue weighted by Gasteiger charge is -2.39. The normalized spacial score (nSPS) is 28.2. The van der Waals surface area contributed by atoms with Crippen LogP contribution in [-0.2, 0) is 4.79 Å². The second kappa shape index (κ2) is 5.67. The fraction of sp³-hybridized carbons (Fsp3) is 0.923. The molecule has 0 aromatic carbocycles. The highest BCUT2D eigenvalue weighted by atomic mass is 16.2. The molecular weight excluding hydrogens is 200 g/mol. The van der Waals surface area contributed by atoms with Crippen molar-refractivity contribution in [3.05, 3.63) is 0 Å². The van der Waals surface area contributed by atoms with Crippen molar-refractivity contribution in [3.63, 3.8) is 0 Å². The molecule has 0 aliphatic carbocycles. The van der Waals surface area contributed by atoms with E-state index in [1.54, 1.807) is 0 Å². The molecule has 1 aliphatic heterocycles. The van der Waals surface area contributed by atoms with Crippen LogP contribution in [0.4, 0.5) is 0 Å². The molecule has 16 heavy (non-hydrogen) atoms. The zero-order valence-corrected chi connectivity index (χ0v) is 11.3. The summed E-state index contributed by atoms with van der Waals surface area (Å²) in [6.07, 6.45) is 0.689. The zero-order valence-electron chi connectivity index (χ0n) is 11.3. The fourth-order valence-corrected chi connectivity index (χ4v) is 2.04. The molecule has 0 aromatic heterocycles. The van der Waals surface area contributed by atoms with Gasteiger partial charge < -0.3 is 10.2 Å². The second-order valence-corrected chi connectivity index (χ2v) is 5.50. The van der Waals surface area contributed by atoms with E-state index < -0.39 is 0 Å². The minimum atomic E-state index is 0.320. The Kier molecular flexibility index (Phi) is 4.78. The maximum absolute atomic E-state index is 12.2. The molecule has 1 N–H and O–H groups in total. The number of hydrogen-bond donors (Lipinski definition) is 1. The average Bonchev–Trinajstić information content (AvgIpc) is 2.21. The minimum Gasteiger partial charge on any atom is -0.337 e. The third kappa shape index (κ3) is 3.21. The van der Waals surface area contributed by atoms with E-state index in [9.17, 15) is 4.79 Å². The molecule has 1 rings (SSSR count). The van der Waals surface area contributed by atoms with Gasteiger partial charge in [0.25, 0.3) is 0 Å². The predicted molar refractivity (Wildman–Crippen MR) is 67.3 cm³/mol. The van der Waals surface area contributed by atoms with Crippen molar-refractivity contribution in [2.75, 3.05) is 13.1 Å². The standard InChI is InChI=1S/C13H26N2O/c1-9(2)10(3)8-13(16)15-7-6-14-11(4)12(15)5/h9-12,14H,6-8H2,1-5H3. The SMILES string of the molecule is CC(C)C(C)CC(=O)N1CCNC(C)C1C. The molecule has 1 amide bonds. The van der Waals surface area contributed by atoms with Crippen LogP contribution in [0.5, 0.6) is 0 Å². The van der Waals surface area contributed by atoms with Gasteiger partial charge in [0, 0.05) is 31.6 Å². The molecular formula is C13H26N2O. The largest absolute Gasteiger partial charge is 0.337 e. The zero-order chi connectivity index (χ0) is 12.3. The summed E-state index contributed by atoms with van der Waals surface area (Å²) < 4.78 is 0. The minimum absolute atomic E-state index is 0.320. The average molecular weight is 226 g/mol. The number of carbonyl (C=O) groups excluding carboxylic acids is 1. The molecule has 3 heteroatoms. The van der Waals surface area contributed by atoms with Gasteiger partial charge in [-0.1, -0.05) is 20.8 Å². The molecule has 3 unspecified atom stereocenters. The summed E-state index contributed by atoms with van der Waals surface area (Å²) in [5.74, 6) is 1.38. The summed E-state index contributed by atoms with van der Waals surface area (Å²) >= 11 is 0. The van der Waals surface area contributed by atoms with E-state index in [0.29, 0.717) is 36.2 Å². The first-order chi connectivity index (χ1) is 7.43. The summed E-state index contributed by atoms with van der Waals surface area (Å²) in [7, 11) is 0.